The Bertz CT molecular complexity index is 940. The number of H-pyrrole nitrogens is 1. The quantitative estimate of drug-likeness (QED) is 0.583. The van der Waals surface area contributed by atoms with Crippen molar-refractivity contribution in [2.45, 2.75) is 64.1 Å². The average molecular weight is 414 g/mol. The molecule has 162 valence electrons. The summed E-state index contributed by atoms with van der Waals surface area (Å²) in [7, 11) is 0. The summed E-state index contributed by atoms with van der Waals surface area (Å²) in [5, 5.41) is 16.7. The summed E-state index contributed by atoms with van der Waals surface area (Å²) in [6, 6.07) is 3.81. The molecule has 2 aromatic rings. The Morgan fingerprint density at radius 1 is 1.33 bits per heavy atom. The van der Waals surface area contributed by atoms with Crippen LogP contribution >= 0.6 is 0 Å². The molecular formula is C22H31N5O3. The van der Waals surface area contributed by atoms with Gasteiger partial charge >= 0.3 is 0 Å². The minimum absolute atomic E-state index is 0.00382. The number of aromatic amines is 1. The van der Waals surface area contributed by atoms with Gasteiger partial charge in [-0.1, -0.05) is 6.07 Å². The van der Waals surface area contributed by atoms with Crippen molar-refractivity contribution in [2.75, 3.05) is 19.6 Å². The highest BCUT2D eigenvalue weighted by Gasteiger charge is 2.37. The maximum atomic E-state index is 12.6. The Morgan fingerprint density at radius 3 is 2.97 bits per heavy atom. The van der Waals surface area contributed by atoms with Gasteiger partial charge in [0, 0.05) is 32.0 Å². The van der Waals surface area contributed by atoms with Crippen LogP contribution in [0.1, 0.15) is 42.6 Å². The third-order valence-electron chi connectivity index (χ3n) is 6.26. The van der Waals surface area contributed by atoms with E-state index >= 15 is 0 Å². The number of benzene rings is 1. The summed E-state index contributed by atoms with van der Waals surface area (Å²) in [6.07, 6.45) is 2.71. The third kappa shape index (κ3) is 4.49. The molecule has 8 nitrogen and oxygen atoms in total. The second kappa shape index (κ2) is 8.73. The summed E-state index contributed by atoms with van der Waals surface area (Å²) in [5.74, 6) is 0.718. The number of hydrogen-bond donors (Lipinski definition) is 4. The first-order chi connectivity index (χ1) is 14.4. The predicted octanol–water partition coefficient (Wildman–Crippen LogP) is 0.942. The van der Waals surface area contributed by atoms with E-state index in [2.05, 4.69) is 39.7 Å². The number of amides is 2. The molecule has 1 saturated heterocycles. The van der Waals surface area contributed by atoms with Crippen LogP contribution in [0.15, 0.2) is 12.1 Å². The van der Waals surface area contributed by atoms with Gasteiger partial charge in [0.1, 0.15) is 5.82 Å². The molecule has 0 bridgehead atoms. The summed E-state index contributed by atoms with van der Waals surface area (Å²) in [6.45, 7) is 5.75. The van der Waals surface area contributed by atoms with Gasteiger partial charge in [-0.2, -0.15) is 0 Å². The lowest BCUT2D eigenvalue weighted by Gasteiger charge is -2.42. The molecule has 2 fully saturated rings. The lowest BCUT2D eigenvalue weighted by molar-refractivity contribution is -0.128. The maximum Gasteiger partial charge on any atom is 0.234 e. The molecule has 4 N–H and O–H groups in total. The molecule has 8 heteroatoms. The van der Waals surface area contributed by atoms with Crippen molar-refractivity contribution in [2.24, 2.45) is 0 Å². The highest BCUT2D eigenvalue weighted by molar-refractivity contribution is 5.80. The minimum atomic E-state index is -0.662. The number of imidazole rings is 1. The second-order valence-electron chi connectivity index (χ2n) is 8.64. The van der Waals surface area contributed by atoms with Crippen LogP contribution < -0.4 is 10.6 Å². The number of nitrogens with one attached hydrogen (secondary N) is 3. The molecule has 2 heterocycles. The summed E-state index contributed by atoms with van der Waals surface area (Å²) >= 11 is 0. The predicted molar refractivity (Wildman–Crippen MR) is 114 cm³/mol. The number of fused-ring (bicyclic) bond motifs is 1. The first-order valence-electron chi connectivity index (χ1n) is 10.8. The molecule has 0 unspecified atom stereocenters. The van der Waals surface area contributed by atoms with Gasteiger partial charge in [-0.05, 0) is 50.3 Å². The van der Waals surface area contributed by atoms with Crippen LogP contribution in [0.2, 0.25) is 0 Å². The van der Waals surface area contributed by atoms with Crippen LogP contribution in [-0.4, -0.2) is 69.6 Å². The number of carbonyl (C=O) groups is 2. The zero-order valence-electron chi connectivity index (χ0n) is 17.7. The number of rotatable bonds is 5. The van der Waals surface area contributed by atoms with Gasteiger partial charge in [0.2, 0.25) is 11.8 Å². The Balaban J connectivity index is 1.33. The number of nitrogens with zero attached hydrogens (tertiary/aromatic N) is 2. The van der Waals surface area contributed by atoms with E-state index in [4.69, 9.17) is 0 Å². The first-order valence-corrected chi connectivity index (χ1v) is 10.8. The Labute approximate surface area is 176 Å². The molecule has 0 radical (unpaired) electrons. The largest absolute Gasteiger partial charge is 0.389 e. The van der Waals surface area contributed by atoms with Crippen molar-refractivity contribution in [1.82, 2.24) is 25.5 Å². The molecule has 30 heavy (non-hydrogen) atoms. The Morgan fingerprint density at radius 2 is 2.17 bits per heavy atom. The maximum absolute atomic E-state index is 12.6. The van der Waals surface area contributed by atoms with Crippen LogP contribution in [0.3, 0.4) is 0 Å². The van der Waals surface area contributed by atoms with Gasteiger partial charge in [-0.3, -0.25) is 14.5 Å². The van der Waals surface area contributed by atoms with E-state index in [-0.39, 0.29) is 23.9 Å². The molecule has 0 spiro atoms. The van der Waals surface area contributed by atoms with E-state index in [1.807, 2.05) is 11.8 Å². The highest BCUT2D eigenvalue weighted by Crippen LogP contribution is 2.25. The molecule has 1 aliphatic carbocycles. The zero-order chi connectivity index (χ0) is 21.3. The first kappa shape index (κ1) is 20.8. The van der Waals surface area contributed by atoms with Gasteiger partial charge in [-0.25, -0.2) is 4.98 Å². The molecule has 1 aliphatic heterocycles. The van der Waals surface area contributed by atoms with Gasteiger partial charge in [0.25, 0.3) is 0 Å². The number of hydrogen-bond acceptors (Lipinski definition) is 5. The zero-order valence-corrected chi connectivity index (χ0v) is 17.7. The standard InChI is InChI=1S/C22H31N5O3/c1-13-10-14(2)21-16(11-13)24-18(26-21)6-7-19(28)25-15-4-3-5-17(22(15)30)27-9-8-23-20(29)12-27/h10-11,15,17,22,30H,3-9,12H2,1-2H3,(H,23,29)(H,24,26)(H,25,28)/t15-,17-,22-/m1/s1. The summed E-state index contributed by atoms with van der Waals surface area (Å²) in [5.41, 5.74) is 4.26. The lowest BCUT2D eigenvalue weighted by Crippen LogP contribution is -2.60. The van der Waals surface area contributed by atoms with Gasteiger partial charge in [0.15, 0.2) is 0 Å². The Hall–Kier alpha value is -2.45. The van der Waals surface area contributed by atoms with Crippen LogP contribution in [0.5, 0.6) is 0 Å². The normalized spacial score (nSPS) is 25.3. The topological polar surface area (TPSA) is 110 Å². The number of aliphatic hydroxyl groups excluding tert-OH is 1. The smallest absolute Gasteiger partial charge is 0.234 e. The summed E-state index contributed by atoms with van der Waals surface area (Å²) < 4.78 is 0. The molecule has 2 aliphatic rings. The van der Waals surface area contributed by atoms with Crippen LogP contribution in [-0.2, 0) is 16.0 Å². The van der Waals surface area contributed by atoms with Gasteiger partial charge in [0.05, 0.1) is 29.7 Å². The van der Waals surface area contributed by atoms with E-state index in [1.165, 1.54) is 5.56 Å². The summed E-state index contributed by atoms with van der Waals surface area (Å²) in [4.78, 5) is 34.2. The SMILES string of the molecule is Cc1cc(C)c2nc(CCC(=O)N[C@@H]3CCC[C@@H](N4CCNC(=O)C4)[C@@H]3O)[nH]c2c1. The molecule has 2 amide bonds. The fraction of sp³-hybridized carbons (Fsp3) is 0.591. The van der Waals surface area contributed by atoms with Crippen LogP contribution in [0, 0.1) is 13.8 Å². The second-order valence-corrected chi connectivity index (χ2v) is 8.64. The third-order valence-corrected chi connectivity index (χ3v) is 6.26. The number of aromatic nitrogens is 2. The molecule has 1 aromatic heterocycles. The van der Waals surface area contributed by atoms with Crippen molar-refractivity contribution >= 4 is 22.8 Å². The molecule has 1 aromatic carbocycles. The van der Waals surface area contributed by atoms with Crippen molar-refractivity contribution in [3.8, 4) is 0 Å². The number of aliphatic hydroxyl groups is 1. The minimum Gasteiger partial charge on any atom is -0.389 e. The molecule has 3 atom stereocenters. The average Bonchev–Trinajstić information content (AvgIpc) is 3.11. The van der Waals surface area contributed by atoms with Crippen molar-refractivity contribution in [3.63, 3.8) is 0 Å². The van der Waals surface area contributed by atoms with Crippen LogP contribution in [0.4, 0.5) is 0 Å². The number of carbonyl (C=O) groups excluding carboxylic acids is 2. The van der Waals surface area contributed by atoms with Gasteiger partial charge in [-0.15, -0.1) is 0 Å². The number of aryl methyl sites for hydroxylation is 3. The lowest BCUT2D eigenvalue weighted by atomic mass is 9.86. The molecule has 1 saturated carbocycles. The highest BCUT2D eigenvalue weighted by atomic mass is 16.3. The van der Waals surface area contributed by atoms with Crippen molar-refractivity contribution in [3.05, 3.63) is 29.1 Å². The monoisotopic (exact) mass is 413 g/mol. The van der Waals surface area contributed by atoms with E-state index < -0.39 is 6.10 Å². The van der Waals surface area contributed by atoms with E-state index in [0.717, 1.165) is 48.2 Å². The van der Waals surface area contributed by atoms with E-state index in [0.29, 0.717) is 25.9 Å². The van der Waals surface area contributed by atoms with Crippen molar-refractivity contribution in [1.29, 1.82) is 0 Å². The van der Waals surface area contributed by atoms with Crippen LogP contribution in [0.25, 0.3) is 11.0 Å². The fourth-order valence-corrected chi connectivity index (χ4v) is 4.81. The molecule has 4 rings (SSSR count). The molecular weight excluding hydrogens is 382 g/mol. The number of piperazine rings is 1. The van der Waals surface area contributed by atoms with E-state index in [1.54, 1.807) is 0 Å². The Kier molecular flexibility index (Phi) is 6.06. The van der Waals surface area contributed by atoms with Gasteiger partial charge < -0.3 is 20.7 Å². The van der Waals surface area contributed by atoms with E-state index in [9.17, 15) is 14.7 Å². The fourth-order valence-electron chi connectivity index (χ4n) is 4.81. The van der Waals surface area contributed by atoms with Crippen molar-refractivity contribution < 1.29 is 14.7 Å².